The van der Waals surface area contributed by atoms with Crippen LogP contribution < -0.4 is 4.74 Å². The summed E-state index contributed by atoms with van der Waals surface area (Å²) in [7, 11) is 1.62. The van der Waals surface area contributed by atoms with Gasteiger partial charge in [0.15, 0.2) is 0 Å². The van der Waals surface area contributed by atoms with Gasteiger partial charge in [-0.15, -0.1) is 0 Å². The van der Waals surface area contributed by atoms with E-state index in [0.717, 1.165) is 11.3 Å². The minimum Gasteiger partial charge on any atom is -0.497 e. The largest absolute Gasteiger partial charge is 0.497 e. The predicted molar refractivity (Wildman–Crippen MR) is 67.1 cm³/mol. The molecule has 0 spiro atoms. The zero-order valence-electron chi connectivity index (χ0n) is 9.95. The highest BCUT2D eigenvalue weighted by Crippen LogP contribution is 2.41. The summed E-state index contributed by atoms with van der Waals surface area (Å²) in [6, 6.07) is 7.42. The van der Waals surface area contributed by atoms with E-state index in [4.69, 9.17) is 9.99 Å². The van der Waals surface area contributed by atoms with Gasteiger partial charge in [-0.25, -0.2) is 4.89 Å². The van der Waals surface area contributed by atoms with Gasteiger partial charge < -0.3 is 4.74 Å². The molecule has 1 atom stereocenters. The number of hydrogen-bond acceptors (Lipinski definition) is 3. The molecular formula is C12H17BrO3. The molecule has 0 heterocycles. The Bertz CT molecular complexity index is 342. The average Bonchev–Trinajstić information content (AvgIpc) is 2.26. The quantitative estimate of drug-likeness (QED) is 0.523. The Morgan fingerprint density at radius 3 is 1.94 bits per heavy atom. The van der Waals surface area contributed by atoms with Gasteiger partial charge in [0.1, 0.15) is 11.4 Å². The van der Waals surface area contributed by atoms with E-state index in [0.29, 0.717) is 0 Å². The third-order valence-electron chi connectivity index (χ3n) is 2.96. The molecule has 0 radical (unpaired) electrons. The van der Waals surface area contributed by atoms with Gasteiger partial charge in [-0.3, -0.25) is 5.26 Å². The second-order valence-electron chi connectivity index (χ2n) is 4.33. The fraction of sp³-hybridized carbons (Fsp3) is 0.500. The van der Waals surface area contributed by atoms with Gasteiger partial charge in [-0.1, -0.05) is 28.1 Å². The summed E-state index contributed by atoms with van der Waals surface area (Å²) in [5, 5.41) is 9.14. The number of ether oxygens (including phenoxy) is 1. The first-order valence-corrected chi connectivity index (χ1v) is 5.80. The standard InChI is InChI=1S/C12H17BrO3/c1-11(2,13)12(3,16-14)9-5-7-10(15-4)8-6-9/h5-8,14H,1-4H3. The van der Waals surface area contributed by atoms with Crippen molar-refractivity contribution >= 4 is 15.9 Å². The van der Waals surface area contributed by atoms with Crippen molar-refractivity contribution in [2.45, 2.75) is 30.7 Å². The summed E-state index contributed by atoms with van der Waals surface area (Å²) in [6.45, 7) is 5.70. The molecule has 0 aliphatic carbocycles. The lowest BCUT2D eigenvalue weighted by atomic mass is 9.85. The molecule has 4 heteroatoms. The Morgan fingerprint density at radius 2 is 1.62 bits per heavy atom. The van der Waals surface area contributed by atoms with Crippen LogP contribution in [0.5, 0.6) is 5.75 Å². The maximum atomic E-state index is 9.14. The van der Waals surface area contributed by atoms with Crippen molar-refractivity contribution < 1.29 is 14.9 Å². The molecule has 3 nitrogen and oxygen atoms in total. The molecule has 1 unspecified atom stereocenters. The maximum absolute atomic E-state index is 9.14. The Hall–Kier alpha value is -0.580. The molecule has 0 aromatic heterocycles. The summed E-state index contributed by atoms with van der Waals surface area (Å²) < 4.78 is 4.69. The highest BCUT2D eigenvalue weighted by atomic mass is 79.9. The molecule has 1 aromatic rings. The van der Waals surface area contributed by atoms with E-state index in [1.807, 2.05) is 45.0 Å². The van der Waals surface area contributed by atoms with E-state index in [2.05, 4.69) is 20.8 Å². The van der Waals surface area contributed by atoms with E-state index in [9.17, 15) is 0 Å². The van der Waals surface area contributed by atoms with Gasteiger partial charge in [0, 0.05) is 0 Å². The lowest BCUT2D eigenvalue weighted by Crippen LogP contribution is -2.42. The van der Waals surface area contributed by atoms with Crippen LogP contribution in [0.25, 0.3) is 0 Å². The third kappa shape index (κ3) is 2.39. The second kappa shape index (κ2) is 4.73. The molecular weight excluding hydrogens is 272 g/mol. The molecule has 0 saturated heterocycles. The van der Waals surface area contributed by atoms with Gasteiger partial charge in [0.2, 0.25) is 0 Å². The van der Waals surface area contributed by atoms with Crippen molar-refractivity contribution in [3.05, 3.63) is 29.8 Å². The first kappa shape index (κ1) is 13.5. The lowest BCUT2D eigenvalue weighted by molar-refractivity contribution is -0.330. The van der Waals surface area contributed by atoms with Gasteiger partial charge in [-0.05, 0) is 38.5 Å². The van der Waals surface area contributed by atoms with Crippen LogP contribution in [0.2, 0.25) is 0 Å². The molecule has 0 fully saturated rings. The number of hydrogen-bond donors (Lipinski definition) is 1. The minimum atomic E-state index is -0.820. The summed E-state index contributed by atoms with van der Waals surface area (Å²) in [4.78, 5) is 4.67. The molecule has 0 aliphatic heterocycles. The van der Waals surface area contributed by atoms with Crippen molar-refractivity contribution in [1.82, 2.24) is 0 Å². The van der Waals surface area contributed by atoms with E-state index >= 15 is 0 Å². The number of methoxy groups -OCH3 is 1. The third-order valence-corrected chi connectivity index (χ3v) is 3.71. The van der Waals surface area contributed by atoms with Gasteiger partial charge >= 0.3 is 0 Å². The second-order valence-corrected chi connectivity index (χ2v) is 6.31. The molecule has 0 saturated carbocycles. The Balaban J connectivity index is 3.13. The van der Waals surface area contributed by atoms with Crippen LogP contribution in [0.3, 0.4) is 0 Å². The Morgan fingerprint density at radius 1 is 1.12 bits per heavy atom. The van der Waals surface area contributed by atoms with Gasteiger partial charge in [0.05, 0.1) is 11.4 Å². The van der Waals surface area contributed by atoms with E-state index in [-0.39, 0.29) is 0 Å². The summed E-state index contributed by atoms with van der Waals surface area (Å²) in [5.41, 5.74) is 0.0527. The van der Waals surface area contributed by atoms with Crippen LogP contribution >= 0.6 is 15.9 Å². The van der Waals surface area contributed by atoms with E-state index in [1.165, 1.54) is 0 Å². The van der Waals surface area contributed by atoms with Crippen molar-refractivity contribution in [2.24, 2.45) is 0 Å². The number of benzene rings is 1. The van der Waals surface area contributed by atoms with Crippen LogP contribution in [-0.2, 0) is 10.5 Å². The maximum Gasteiger partial charge on any atom is 0.140 e. The minimum absolute atomic E-state index is 0.399. The fourth-order valence-corrected chi connectivity index (χ4v) is 1.71. The molecule has 0 amide bonds. The highest BCUT2D eigenvalue weighted by Gasteiger charge is 2.42. The smallest absolute Gasteiger partial charge is 0.140 e. The van der Waals surface area contributed by atoms with Crippen molar-refractivity contribution in [3.8, 4) is 5.75 Å². The normalized spacial score (nSPS) is 15.6. The number of alkyl halides is 1. The number of halogens is 1. The summed E-state index contributed by atoms with van der Waals surface area (Å²) >= 11 is 3.52. The first-order chi connectivity index (χ1) is 7.35. The molecule has 1 N–H and O–H groups in total. The van der Waals surface area contributed by atoms with E-state index in [1.54, 1.807) is 7.11 Å². The van der Waals surface area contributed by atoms with Gasteiger partial charge in [0.25, 0.3) is 0 Å². The molecule has 90 valence electrons. The van der Waals surface area contributed by atoms with Crippen molar-refractivity contribution in [2.75, 3.05) is 7.11 Å². The predicted octanol–water partition coefficient (Wildman–Crippen LogP) is 3.57. The van der Waals surface area contributed by atoms with Crippen LogP contribution in [0.1, 0.15) is 26.3 Å². The van der Waals surface area contributed by atoms with Crippen LogP contribution in [-0.4, -0.2) is 16.7 Å². The fourth-order valence-electron chi connectivity index (χ4n) is 1.41. The first-order valence-electron chi connectivity index (χ1n) is 5.01. The SMILES string of the molecule is COc1ccc(C(C)(OO)C(C)(C)Br)cc1. The molecule has 0 aliphatic rings. The van der Waals surface area contributed by atoms with Crippen LogP contribution in [0, 0.1) is 0 Å². The van der Waals surface area contributed by atoms with E-state index < -0.39 is 9.93 Å². The summed E-state index contributed by atoms with van der Waals surface area (Å²) in [6.07, 6.45) is 0. The Kier molecular flexibility index (Phi) is 3.99. The zero-order chi connectivity index (χ0) is 12.4. The van der Waals surface area contributed by atoms with Crippen molar-refractivity contribution in [3.63, 3.8) is 0 Å². The molecule has 0 bridgehead atoms. The zero-order valence-corrected chi connectivity index (χ0v) is 11.5. The molecule has 1 aromatic carbocycles. The molecule has 1 rings (SSSR count). The van der Waals surface area contributed by atoms with Gasteiger partial charge in [-0.2, -0.15) is 0 Å². The van der Waals surface area contributed by atoms with Crippen LogP contribution in [0.15, 0.2) is 24.3 Å². The summed E-state index contributed by atoms with van der Waals surface area (Å²) in [5.74, 6) is 0.774. The topological polar surface area (TPSA) is 38.7 Å². The monoisotopic (exact) mass is 288 g/mol. The average molecular weight is 289 g/mol. The Labute approximate surface area is 104 Å². The van der Waals surface area contributed by atoms with Crippen molar-refractivity contribution in [1.29, 1.82) is 0 Å². The number of rotatable bonds is 4. The lowest BCUT2D eigenvalue weighted by Gasteiger charge is -2.37. The highest BCUT2D eigenvalue weighted by molar-refractivity contribution is 9.10. The van der Waals surface area contributed by atoms with Crippen LogP contribution in [0.4, 0.5) is 0 Å². The molecule has 16 heavy (non-hydrogen) atoms.